The van der Waals surface area contributed by atoms with Gasteiger partial charge in [-0.2, -0.15) is 0 Å². The molecule has 1 aliphatic heterocycles. The number of carbonyl (C=O) groups excluding carboxylic acids is 1. The molecule has 1 aromatic rings. The maximum atomic E-state index is 12.4. The fourth-order valence-electron chi connectivity index (χ4n) is 2.32. The molecule has 4 heteroatoms. The fourth-order valence-corrected chi connectivity index (χ4v) is 2.32. The lowest BCUT2D eigenvalue weighted by atomic mass is 10.0. The normalized spacial score (nSPS) is 20.4. The van der Waals surface area contributed by atoms with Gasteiger partial charge in [-0.05, 0) is 38.3 Å². The number of piperidine rings is 1. The van der Waals surface area contributed by atoms with E-state index in [1.54, 1.807) is 23.2 Å². The molecule has 1 aliphatic rings. The first-order chi connectivity index (χ1) is 8.24. The van der Waals surface area contributed by atoms with Crippen molar-refractivity contribution in [2.75, 3.05) is 13.2 Å². The van der Waals surface area contributed by atoms with Crippen molar-refractivity contribution in [1.29, 1.82) is 0 Å². The van der Waals surface area contributed by atoms with Crippen LogP contribution in [0.2, 0.25) is 0 Å². The van der Waals surface area contributed by atoms with Crippen LogP contribution in [0, 0.1) is 6.92 Å². The predicted octanol–water partition coefficient (Wildman–Crippen LogP) is 1.38. The molecule has 1 amide bonds. The number of rotatable bonds is 2. The van der Waals surface area contributed by atoms with Crippen LogP contribution in [-0.4, -0.2) is 40.1 Å². The number of pyridine rings is 1. The van der Waals surface area contributed by atoms with Gasteiger partial charge in [0, 0.05) is 18.4 Å². The number of nitrogens with zero attached hydrogens (tertiary/aromatic N) is 2. The molecule has 1 aromatic heterocycles. The number of aromatic nitrogens is 1. The summed E-state index contributed by atoms with van der Waals surface area (Å²) in [5, 5.41) is 9.32. The highest BCUT2D eigenvalue weighted by Gasteiger charge is 2.27. The SMILES string of the molecule is Cc1ncccc1C(=O)N1CCCCC1CO. The molecule has 1 unspecified atom stereocenters. The number of hydrogen-bond acceptors (Lipinski definition) is 3. The smallest absolute Gasteiger partial charge is 0.256 e. The quantitative estimate of drug-likeness (QED) is 0.841. The van der Waals surface area contributed by atoms with Gasteiger partial charge < -0.3 is 10.0 Å². The highest BCUT2D eigenvalue weighted by molar-refractivity contribution is 5.95. The van der Waals surface area contributed by atoms with Gasteiger partial charge >= 0.3 is 0 Å². The van der Waals surface area contributed by atoms with Gasteiger partial charge in [-0.25, -0.2) is 0 Å². The summed E-state index contributed by atoms with van der Waals surface area (Å²) in [7, 11) is 0. The Morgan fingerprint density at radius 1 is 1.59 bits per heavy atom. The Balaban J connectivity index is 2.21. The van der Waals surface area contributed by atoms with Gasteiger partial charge in [0.1, 0.15) is 0 Å². The van der Waals surface area contributed by atoms with Crippen LogP contribution in [0.3, 0.4) is 0 Å². The predicted molar refractivity (Wildman–Crippen MR) is 64.7 cm³/mol. The Morgan fingerprint density at radius 3 is 3.12 bits per heavy atom. The van der Waals surface area contributed by atoms with Crippen molar-refractivity contribution in [1.82, 2.24) is 9.88 Å². The number of hydrogen-bond donors (Lipinski definition) is 1. The van der Waals surface area contributed by atoms with E-state index in [2.05, 4.69) is 4.98 Å². The second kappa shape index (κ2) is 5.27. The largest absolute Gasteiger partial charge is 0.394 e. The number of likely N-dealkylation sites (tertiary alicyclic amines) is 1. The van der Waals surface area contributed by atoms with Crippen molar-refractivity contribution in [3.05, 3.63) is 29.6 Å². The van der Waals surface area contributed by atoms with Crippen LogP contribution in [0.1, 0.15) is 35.3 Å². The zero-order valence-electron chi connectivity index (χ0n) is 10.1. The third-order valence-corrected chi connectivity index (χ3v) is 3.34. The van der Waals surface area contributed by atoms with E-state index in [0.717, 1.165) is 31.5 Å². The first-order valence-corrected chi connectivity index (χ1v) is 6.07. The molecule has 4 nitrogen and oxygen atoms in total. The summed E-state index contributed by atoms with van der Waals surface area (Å²) in [5.74, 6) is -0.00523. The molecule has 2 rings (SSSR count). The molecule has 0 bridgehead atoms. The van der Waals surface area contributed by atoms with Gasteiger partial charge in [-0.1, -0.05) is 0 Å². The molecule has 2 heterocycles. The Labute approximate surface area is 101 Å². The molecule has 1 N–H and O–H groups in total. The fraction of sp³-hybridized carbons (Fsp3) is 0.538. The molecule has 1 atom stereocenters. The first-order valence-electron chi connectivity index (χ1n) is 6.07. The Bertz CT molecular complexity index is 406. The number of aryl methyl sites for hydroxylation is 1. The standard InChI is InChI=1S/C13H18N2O2/c1-10-12(6-4-7-14-10)13(17)15-8-3-2-5-11(15)9-16/h4,6-7,11,16H,2-3,5,8-9H2,1H3. The summed E-state index contributed by atoms with van der Waals surface area (Å²) in [6.45, 7) is 2.62. The van der Waals surface area contributed by atoms with Crippen molar-refractivity contribution in [2.45, 2.75) is 32.2 Å². The lowest BCUT2D eigenvalue weighted by Crippen LogP contribution is -2.45. The number of aliphatic hydroxyl groups is 1. The monoisotopic (exact) mass is 234 g/mol. The lowest BCUT2D eigenvalue weighted by molar-refractivity contribution is 0.0502. The van der Waals surface area contributed by atoms with Crippen molar-refractivity contribution in [3.8, 4) is 0 Å². The lowest BCUT2D eigenvalue weighted by Gasteiger charge is -2.34. The van der Waals surface area contributed by atoms with Crippen LogP contribution >= 0.6 is 0 Å². The number of amides is 1. The number of aliphatic hydroxyl groups excluding tert-OH is 1. The maximum Gasteiger partial charge on any atom is 0.256 e. The molecule has 1 fully saturated rings. The minimum absolute atomic E-state index is 0.00523. The van der Waals surface area contributed by atoms with Crippen molar-refractivity contribution in [3.63, 3.8) is 0 Å². The zero-order valence-corrected chi connectivity index (χ0v) is 10.1. The summed E-state index contributed by atoms with van der Waals surface area (Å²) in [5.41, 5.74) is 1.40. The van der Waals surface area contributed by atoms with Crippen LogP contribution in [0.4, 0.5) is 0 Å². The van der Waals surface area contributed by atoms with E-state index < -0.39 is 0 Å². The molecule has 17 heavy (non-hydrogen) atoms. The number of carbonyl (C=O) groups is 1. The van der Waals surface area contributed by atoms with E-state index >= 15 is 0 Å². The van der Waals surface area contributed by atoms with Crippen molar-refractivity contribution in [2.24, 2.45) is 0 Å². The van der Waals surface area contributed by atoms with Crippen LogP contribution in [0.5, 0.6) is 0 Å². The minimum Gasteiger partial charge on any atom is -0.394 e. The van der Waals surface area contributed by atoms with Crippen LogP contribution in [-0.2, 0) is 0 Å². The summed E-state index contributed by atoms with van der Waals surface area (Å²) < 4.78 is 0. The molecule has 92 valence electrons. The highest BCUT2D eigenvalue weighted by atomic mass is 16.3. The summed E-state index contributed by atoms with van der Waals surface area (Å²) in [4.78, 5) is 18.3. The van der Waals surface area contributed by atoms with E-state index in [1.807, 2.05) is 6.92 Å². The van der Waals surface area contributed by atoms with Gasteiger partial charge in [-0.15, -0.1) is 0 Å². The topological polar surface area (TPSA) is 53.4 Å². The van der Waals surface area contributed by atoms with E-state index in [0.29, 0.717) is 5.56 Å². The van der Waals surface area contributed by atoms with Gasteiger partial charge in [0.25, 0.3) is 5.91 Å². The van der Waals surface area contributed by atoms with Crippen LogP contribution < -0.4 is 0 Å². The Morgan fingerprint density at radius 2 is 2.41 bits per heavy atom. The first kappa shape index (κ1) is 12.0. The third-order valence-electron chi connectivity index (χ3n) is 3.34. The van der Waals surface area contributed by atoms with E-state index in [-0.39, 0.29) is 18.6 Å². The summed E-state index contributed by atoms with van der Waals surface area (Å²) >= 11 is 0. The molecule has 0 saturated carbocycles. The highest BCUT2D eigenvalue weighted by Crippen LogP contribution is 2.20. The van der Waals surface area contributed by atoms with E-state index in [4.69, 9.17) is 0 Å². The maximum absolute atomic E-state index is 12.4. The average molecular weight is 234 g/mol. The van der Waals surface area contributed by atoms with Gasteiger partial charge in [-0.3, -0.25) is 9.78 Å². The van der Waals surface area contributed by atoms with Crippen LogP contribution in [0.15, 0.2) is 18.3 Å². The second-order valence-corrected chi connectivity index (χ2v) is 4.47. The van der Waals surface area contributed by atoms with Gasteiger partial charge in [0.05, 0.1) is 18.2 Å². The third kappa shape index (κ3) is 2.47. The van der Waals surface area contributed by atoms with Crippen LogP contribution in [0.25, 0.3) is 0 Å². The molecule has 0 spiro atoms. The average Bonchev–Trinajstić information content (AvgIpc) is 2.38. The second-order valence-electron chi connectivity index (χ2n) is 4.47. The van der Waals surface area contributed by atoms with Crippen molar-refractivity contribution >= 4 is 5.91 Å². The van der Waals surface area contributed by atoms with E-state index in [9.17, 15) is 9.90 Å². The summed E-state index contributed by atoms with van der Waals surface area (Å²) in [6.07, 6.45) is 4.68. The van der Waals surface area contributed by atoms with Crippen molar-refractivity contribution < 1.29 is 9.90 Å². The zero-order chi connectivity index (χ0) is 12.3. The van der Waals surface area contributed by atoms with E-state index in [1.165, 1.54) is 0 Å². The van der Waals surface area contributed by atoms with Gasteiger partial charge in [0.15, 0.2) is 0 Å². The molecule has 1 saturated heterocycles. The molecule has 0 aromatic carbocycles. The Kier molecular flexibility index (Phi) is 3.74. The minimum atomic E-state index is -0.0316. The molecular weight excluding hydrogens is 216 g/mol. The Hall–Kier alpha value is -1.42. The summed E-state index contributed by atoms with van der Waals surface area (Å²) in [6, 6.07) is 3.54. The molecule has 0 aliphatic carbocycles. The molecular formula is C13H18N2O2. The molecule has 0 radical (unpaired) electrons. The van der Waals surface area contributed by atoms with Gasteiger partial charge in [0.2, 0.25) is 0 Å².